The topological polar surface area (TPSA) is 345 Å². The predicted molar refractivity (Wildman–Crippen MR) is 339 cm³/mol. The van der Waals surface area contributed by atoms with Crippen LogP contribution in [-0.4, -0.2) is 147 Å². The van der Waals surface area contributed by atoms with Gasteiger partial charge in [-0.25, -0.2) is 9.97 Å². The van der Waals surface area contributed by atoms with Gasteiger partial charge in [0.25, 0.3) is 35.4 Å². The number of rotatable bonds is 28. The third kappa shape index (κ3) is 26.3. The number of aliphatic hydroxyl groups is 1. The molecule has 0 aliphatic carbocycles. The Balaban J connectivity index is 0.000000564. The van der Waals surface area contributed by atoms with Crippen molar-refractivity contribution in [3.05, 3.63) is 173 Å². The molecule has 470 valence electrons. The van der Waals surface area contributed by atoms with Crippen LogP contribution >= 0.6 is 11.6 Å². The first-order chi connectivity index (χ1) is 41.0. The zero-order valence-electron chi connectivity index (χ0n) is 49.9. The van der Waals surface area contributed by atoms with Gasteiger partial charge in [-0.1, -0.05) is 67.6 Å². The fourth-order valence-corrected chi connectivity index (χ4v) is 7.75. The van der Waals surface area contributed by atoms with E-state index >= 15 is 0 Å². The Morgan fingerprint density at radius 2 is 0.920 bits per heavy atom. The number of halogens is 1. The normalized spacial score (nSPS) is 10.0. The van der Waals surface area contributed by atoms with Crippen LogP contribution in [0, 0.1) is 18.2 Å². The van der Waals surface area contributed by atoms with Crippen molar-refractivity contribution in [2.45, 2.75) is 51.4 Å². The van der Waals surface area contributed by atoms with Crippen LogP contribution in [-0.2, 0) is 30.0 Å². The molecule has 0 aliphatic rings. The summed E-state index contributed by atoms with van der Waals surface area (Å²) in [6.07, 6.45) is 10.6. The number of amidine groups is 2. The van der Waals surface area contributed by atoms with Crippen LogP contribution in [0.15, 0.2) is 128 Å². The van der Waals surface area contributed by atoms with Crippen LogP contribution in [0.2, 0.25) is 5.02 Å². The number of aliphatic hydroxyl groups excluding tert-OH is 1. The summed E-state index contributed by atoms with van der Waals surface area (Å²) >= 11 is 5.90. The fraction of sp³-hybridized carbons (Fsp3) is 0.306. The van der Waals surface area contributed by atoms with Crippen molar-refractivity contribution in [3.63, 3.8) is 0 Å². The average molecular weight is 1310 g/mol. The summed E-state index contributed by atoms with van der Waals surface area (Å²) in [5, 5.41) is 40.2. The molecule has 0 atom stereocenters. The number of carbonyl (C=O) groups excluding carboxylic acids is 6. The molecular formula is C62H80ClN14O9Pd-. The van der Waals surface area contributed by atoms with Crippen molar-refractivity contribution in [1.29, 1.82) is 10.8 Å². The third-order valence-electron chi connectivity index (χ3n) is 12.2. The summed E-state index contributed by atoms with van der Waals surface area (Å²) < 4.78 is 11.3. The quantitative estimate of drug-likeness (QED) is 0.00737. The number of unbranched alkanes of at least 4 members (excludes halogenated alkanes) is 6. The molecule has 87 heavy (non-hydrogen) atoms. The summed E-state index contributed by atoms with van der Waals surface area (Å²) in [6.45, 7) is 1.96. The maximum Gasteiger partial charge on any atom is 0.259 e. The van der Waals surface area contributed by atoms with Gasteiger partial charge in [0.05, 0.1) is 27.5 Å². The molecule has 6 aromatic rings. The van der Waals surface area contributed by atoms with E-state index in [9.17, 15) is 28.8 Å². The molecule has 0 spiro atoms. The Bertz CT molecular complexity index is 3140. The Morgan fingerprint density at radius 3 is 1.29 bits per heavy atom. The summed E-state index contributed by atoms with van der Waals surface area (Å²) in [7, 11) is 8.07. The largest absolute Gasteiger partial charge is 0.484 e. The molecule has 6 amide bonds. The van der Waals surface area contributed by atoms with Gasteiger partial charge in [0, 0.05) is 103 Å². The Kier molecular flexibility index (Phi) is 34.8. The van der Waals surface area contributed by atoms with Gasteiger partial charge in [0.1, 0.15) is 34.8 Å². The number of amides is 6. The predicted octanol–water partition coefficient (Wildman–Crippen LogP) is 7.68. The average Bonchev–Trinajstić information content (AvgIpc) is 2.20. The maximum atomic E-state index is 13.3. The molecule has 2 heterocycles. The second kappa shape index (κ2) is 40.6. The SMILES string of the molecule is CN(C)C(=N)c1ccc(C(=O)Nc2ccc(OCC(=O)NCCCCCCN)cc2C(=O)Nc2ccc(Cl)cn2)cc1.CN(C)C(=N)c1ccc(C(=O)Nc2ccc(OCC(=O)NCCCCCCN)cc2C(=O)Nc2ccccn2)cc1.CO.[CH3-].[Pd]. The van der Waals surface area contributed by atoms with Gasteiger partial charge >= 0.3 is 0 Å². The van der Waals surface area contributed by atoms with E-state index in [1.165, 1.54) is 24.4 Å². The standard InChI is InChI=1S/C30H36ClN7O4.C30H37N7O4.CH4O.CH3.Pd/c1-38(2)28(33)20-7-9-21(10-8-20)29(40)36-25-13-12-23(42-19-27(39)34-16-6-4-3-5-15-32)17-24(25)30(41)37-26-14-11-22(31)18-35-26;1-37(2)28(32)21-10-12-22(13-11-21)29(39)35-25-15-14-23(41-20-27(38)34-18-7-4-3-6-16-31)19-24(25)30(40)36-26-9-5-8-17-33-26;1-2;;/h7-14,17-18,33H,3-6,15-16,19,32H2,1-2H3,(H,34,39)(H,36,40)(H,35,37,41);5,8-15,17,19,32H,3-4,6-7,16,18,20,31H2,1-2H3,(H,34,38)(H,35,39)(H,33,36,40);2H,1H3;1H3;/q;;;-1;. The van der Waals surface area contributed by atoms with E-state index in [4.69, 9.17) is 48.5 Å². The first kappa shape index (κ1) is 74.5. The zero-order valence-corrected chi connectivity index (χ0v) is 52.2. The summed E-state index contributed by atoms with van der Waals surface area (Å²) in [5.41, 5.74) is 13.7. The number of hydrogen-bond acceptors (Lipinski definition) is 15. The molecule has 23 nitrogen and oxygen atoms in total. The zero-order chi connectivity index (χ0) is 62.1. The van der Waals surface area contributed by atoms with Gasteiger partial charge in [-0.05, 0) is 124 Å². The molecule has 6 rings (SSSR count). The van der Waals surface area contributed by atoms with E-state index < -0.39 is 23.6 Å². The van der Waals surface area contributed by atoms with Crippen LogP contribution in [0.1, 0.15) is 104 Å². The summed E-state index contributed by atoms with van der Waals surface area (Å²) in [5.74, 6) is -0.714. The van der Waals surface area contributed by atoms with Gasteiger partial charge in [0.15, 0.2) is 13.2 Å². The smallest absolute Gasteiger partial charge is 0.259 e. The molecular weight excluding hydrogens is 1230 g/mol. The molecule has 0 radical (unpaired) electrons. The monoisotopic (exact) mass is 1310 g/mol. The van der Waals surface area contributed by atoms with Crippen molar-refractivity contribution in [2.75, 3.05) is 96.0 Å². The molecule has 0 unspecified atom stereocenters. The van der Waals surface area contributed by atoms with Crippen molar-refractivity contribution in [2.24, 2.45) is 11.5 Å². The van der Waals surface area contributed by atoms with Crippen molar-refractivity contribution in [1.82, 2.24) is 30.4 Å². The molecule has 4 aromatic carbocycles. The van der Waals surface area contributed by atoms with E-state index in [2.05, 4.69) is 41.9 Å². The van der Waals surface area contributed by atoms with Crippen LogP contribution in [0.3, 0.4) is 0 Å². The van der Waals surface area contributed by atoms with Gasteiger partial charge in [-0.15, -0.1) is 0 Å². The van der Waals surface area contributed by atoms with Crippen LogP contribution in [0.25, 0.3) is 0 Å². The second-order valence-electron chi connectivity index (χ2n) is 19.1. The molecule has 13 N–H and O–H groups in total. The molecule has 0 fully saturated rings. The molecule has 25 heteroatoms. The minimum Gasteiger partial charge on any atom is -0.484 e. The third-order valence-corrected chi connectivity index (χ3v) is 12.4. The summed E-state index contributed by atoms with van der Waals surface area (Å²) in [6, 6.07) is 30.6. The number of aromatic nitrogens is 2. The molecule has 0 saturated heterocycles. The van der Waals surface area contributed by atoms with Crippen molar-refractivity contribution >= 4 is 81.7 Å². The Labute approximate surface area is 527 Å². The number of nitrogens with one attached hydrogen (secondary N) is 8. The Hall–Kier alpha value is -8.63. The minimum atomic E-state index is -0.553. The van der Waals surface area contributed by atoms with Crippen LogP contribution < -0.4 is 52.8 Å². The number of hydrogen-bond donors (Lipinski definition) is 11. The summed E-state index contributed by atoms with van der Waals surface area (Å²) in [4.78, 5) is 88.5. The first-order valence-corrected chi connectivity index (χ1v) is 27.8. The fourth-order valence-electron chi connectivity index (χ4n) is 7.64. The van der Waals surface area contributed by atoms with E-state index in [1.54, 1.807) is 141 Å². The number of carbonyl (C=O) groups is 6. The van der Waals surface area contributed by atoms with Crippen LogP contribution in [0.4, 0.5) is 23.0 Å². The molecule has 0 aliphatic heterocycles. The van der Waals surface area contributed by atoms with Crippen molar-refractivity contribution in [3.8, 4) is 11.5 Å². The molecule has 2 aromatic heterocycles. The van der Waals surface area contributed by atoms with E-state index in [1.807, 2.05) is 0 Å². The van der Waals surface area contributed by atoms with Crippen molar-refractivity contribution < 1.29 is 63.8 Å². The number of ether oxygens (including phenoxy) is 2. The van der Waals surface area contributed by atoms with Gasteiger partial charge in [-0.3, -0.25) is 39.6 Å². The number of benzene rings is 4. The molecule has 0 bridgehead atoms. The van der Waals surface area contributed by atoms with E-state index in [0.717, 1.165) is 58.5 Å². The van der Waals surface area contributed by atoms with Gasteiger partial charge in [-0.2, -0.15) is 0 Å². The van der Waals surface area contributed by atoms with Gasteiger partial charge in [0.2, 0.25) is 0 Å². The Morgan fingerprint density at radius 1 is 0.517 bits per heavy atom. The first-order valence-electron chi connectivity index (χ1n) is 27.4. The number of anilines is 4. The number of nitrogens with two attached hydrogens (primary N) is 2. The van der Waals surface area contributed by atoms with E-state index in [-0.39, 0.29) is 86.9 Å². The van der Waals surface area contributed by atoms with Crippen LogP contribution in [0.5, 0.6) is 11.5 Å². The minimum absolute atomic E-state index is 0. The number of pyridine rings is 2. The molecule has 0 saturated carbocycles. The van der Waals surface area contributed by atoms with Gasteiger partial charge < -0.3 is 75.2 Å². The second-order valence-corrected chi connectivity index (χ2v) is 19.6. The maximum absolute atomic E-state index is 13.3. The van der Waals surface area contributed by atoms with E-state index in [0.29, 0.717) is 76.7 Å². The number of nitrogens with zero attached hydrogens (tertiary/aromatic N) is 4.